The van der Waals surface area contributed by atoms with Crippen LogP contribution in [0.5, 0.6) is 0 Å². The van der Waals surface area contributed by atoms with Crippen molar-refractivity contribution in [2.75, 3.05) is 19.7 Å². The molecule has 2 heterocycles. The Morgan fingerprint density at radius 1 is 1.57 bits per heavy atom. The van der Waals surface area contributed by atoms with E-state index >= 15 is 0 Å². The molecule has 21 heavy (non-hydrogen) atoms. The van der Waals surface area contributed by atoms with E-state index in [-0.39, 0.29) is 24.1 Å². The van der Waals surface area contributed by atoms with Crippen LogP contribution in [-0.2, 0) is 0 Å². The topological polar surface area (TPSA) is 65.5 Å². The predicted molar refractivity (Wildman–Crippen MR) is 84.4 cm³/mol. The summed E-state index contributed by atoms with van der Waals surface area (Å²) in [5, 5.41) is 13.5. The molecule has 1 aliphatic rings. The van der Waals surface area contributed by atoms with E-state index in [2.05, 4.69) is 17.2 Å². The van der Waals surface area contributed by atoms with E-state index in [4.69, 9.17) is 0 Å². The lowest BCUT2D eigenvalue weighted by Crippen LogP contribution is -2.48. The Bertz CT molecular complexity index is 475. The van der Waals surface area contributed by atoms with Gasteiger partial charge in [0.05, 0.1) is 6.04 Å². The van der Waals surface area contributed by atoms with Gasteiger partial charge >= 0.3 is 6.03 Å². The first-order chi connectivity index (χ1) is 9.99. The molecule has 0 spiro atoms. The van der Waals surface area contributed by atoms with Crippen LogP contribution in [0.4, 0.5) is 4.79 Å². The second kappa shape index (κ2) is 6.75. The summed E-state index contributed by atoms with van der Waals surface area (Å²) in [6, 6.07) is -0.0927. The van der Waals surface area contributed by atoms with Gasteiger partial charge in [0.25, 0.3) is 0 Å². The van der Waals surface area contributed by atoms with Gasteiger partial charge in [-0.1, -0.05) is 6.92 Å². The first-order valence-electron chi connectivity index (χ1n) is 7.58. The fraction of sp³-hybridized carbons (Fsp3) is 0.733. The van der Waals surface area contributed by atoms with Crippen molar-refractivity contribution in [2.24, 2.45) is 5.41 Å². The van der Waals surface area contributed by atoms with Gasteiger partial charge in [0, 0.05) is 30.8 Å². The molecule has 1 fully saturated rings. The number of hydrogen-bond donors (Lipinski definition) is 2. The molecule has 1 atom stereocenters. The molecular weight excluding hydrogens is 286 g/mol. The number of thiazole rings is 1. The zero-order valence-electron chi connectivity index (χ0n) is 13.1. The van der Waals surface area contributed by atoms with Crippen molar-refractivity contribution >= 4 is 17.4 Å². The number of carbonyl (C=O) groups is 1. The SMILES string of the molecule is CCC1(CO)CCN(C(=O)NC(C)c2ncc(C)s2)CC1. The zero-order chi connectivity index (χ0) is 15.5. The number of aliphatic hydroxyl groups excluding tert-OH is 1. The van der Waals surface area contributed by atoms with Crippen molar-refractivity contribution in [3.8, 4) is 0 Å². The summed E-state index contributed by atoms with van der Waals surface area (Å²) in [6.07, 6.45) is 4.55. The number of amides is 2. The highest BCUT2D eigenvalue weighted by atomic mass is 32.1. The molecule has 0 saturated carbocycles. The molecule has 6 heteroatoms. The monoisotopic (exact) mass is 311 g/mol. The number of hydrogen-bond acceptors (Lipinski definition) is 4. The van der Waals surface area contributed by atoms with E-state index in [1.807, 2.05) is 24.9 Å². The highest BCUT2D eigenvalue weighted by molar-refractivity contribution is 7.11. The molecule has 0 radical (unpaired) electrons. The largest absolute Gasteiger partial charge is 0.396 e. The molecule has 118 valence electrons. The van der Waals surface area contributed by atoms with Crippen LogP contribution < -0.4 is 5.32 Å². The minimum Gasteiger partial charge on any atom is -0.396 e. The van der Waals surface area contributed by atoms with E-state index in [9.17, 15) is 9.90 Å². The molecule has 1 aromatic heterocycles. The van der Waals surface area contributed by atoms with Crippen LogP contribution in [0.3, 0.4) is 0 Å². The molecule has 2 N–H and O–H groups in total. The average molecular weight is 311 g/mol. The summed E-state index contributed by atoms with van der Waals surface area (Å²) in [7, 11) is 0. The Labute approximate surface area is 130 Å². The van der Waals surface area contributed by atoms with Gasteiger partial charge in [0.1, 0.15) is 5.01 Å². The first-order valence-corrected chi connectivity index (χ1v) is 8.40. The van der Waals surface area contributed by atoms with Gasteiger partial charge in [-0.2, -0.15) is 0 Å². The summed E-state index contributed by atoms with van der Waals surface area (Å²) in [5.41, 5.74) is 0.00875. The molecular formula is C15H25N3O2S. The van der Waals surface area contributed by atoms with Gasteiger partial charge in [0.2, 0.25) is 0 Å². The van der Waals surface area contributed by atoms with E-state index in [1.54, 1.807) is 11.3 Å². The van der Waals surface area contributed by atoms with Gasteiger partial charge in [0.15, 0.2) is 0 Å². The molecule has 1 aliphatic heterocycles. The Kier molecular flexibility index (Phi) is 5.22. The van der Waals surface area contributed by atoms with Gasteiger partial charge < -0.3 is 15.3 Å². The lowest BCUT2D eigenvalue weighted by Gasteiger charge is -2.40. The van der Waals surface area contributed by atoms with Crippen molar-refractivity contribution in [3.05, 3.63) is 16.1 Å². The molecule has 2 rings (SSSR count). The van der Waals surface area contributed by atoms with Crippen molar-refractivity contribution in [3.63, 3.8) is 0 Å². The summed E-state index contributed by atoms with van der Waals surface area (Å²) in [6.45, 7) is 7.73. The number of aliphatic hydroxyl groups is 1. The maximum atomic E-state index is 12.3. The standard InChI is InChI=1S/C15H25N3O2S/c1-4-15(10-19)5-7-18(8-6-15)14(20)17-12(3)13-16-9-11(2)21-13/h9,12,19H,4-8,10H2,1-3H3,(H,17,20). The van der Waals surface area contributed by atoms with Crippen LogP contribution in [0.15, 0.2) is 6.20 Å². The number of nitrogens with one attached hydrogen (secondary N) is 1. The lowest BCUT2D eigenvalue weighted by molar-refractivity contribution is 0.0516. The van der Waals surface area contributed by atoms with Crippen LogP contribution in [0.1, 0.15) is 49.0 Å². The number of nitrogens with zero attached hydrogens (tertiary/aromatic N) is 2. The van der Waals surface area contributed by atoms with Gasteiger partial charge in [-0.3, -0.25) is 0 Å². The summed E-state index contributed by atoms with van der Waals surface area (Å²) >= 11 is 1.61. The maximum absolute atomic E-state index is 12.3. The average Bonchev–Trinajstić information content (AvgIpc) is 2.94. The third-order valence-corrected chi connectivity index (χ3v) is 5.64. The van der Waals surface area contributed by atoms with Gasteiger partial charge in [-0.15, -0.1) is 11.3 Å². The molecule has 2 amide bonds. The quantitative estimate of drug-likeness (QED) is 0.898. The molecule has 0 bridgehead atoms. The summed E-state index contributed by atoms with van der Waals surface area (Å²) in [5.74, 6) is 0. The second-order valence-electron chi connectivity index (χ2n) is 5.98. The Hall–Kier alpha value is -1.14. The van der Waals surface area contributed by atoms with E-state index in [0.29, 0.717) is 13.1 Å². The van der Waals surface area contributed by atoms with E-state index < -0.39 is 0 Å². The predicted octanol–water partition coefficient (Wildman–Crippen LogP) is 2.71. The Morgan fingerprint density at radius 3 is 2.71 bits per heavy atom. The number of likely N-dealkylation sites (tertiary alicyclic amines) is 1. The van der Waals surface area contributed by atoms with Crippen LogP contribution >= 0.6 is 11.3 Å². The van der Waals surface area contributed by atoms with Crippen LogP contribution in [0.2, 0.25) is 0 Å². The van der Waals surface area contributed by atoms with E-state index in [0.717, 1.165) is 29.1 Å². The van der Waals surface area contributed by atoms with Crippen molar-refractivity contribution in [1.82, 2.24) is 15.2 Å². The third-order valence-electron chi connectivity index (χ3n) is 4.55. The number of urea groups is 1. The fourth-order valence-corrected chi connectivity index (χ4v) is 3.49. The third kappa shape index (κ3) is 3.74. The Morgan fingerprint density at radius 2 is 2.24 bits per heavy atom. The smallest absolute Gasteiger partial charge is 0.317 e. The highest BCUT2D eigenvalue weighted by Gasteiger charge is 2.34. The van der Waals surface area contributed by atoms with Gasteiger partial charge in [-0.05, 0) is 38.5 Å². The Balaban J connectivity index is 1.87. The second-order valence-corrected chi connectivity index (χ2v) is 7.25. The van der Waals surface area contributed by atoms with Crippen molar-refractivity contribution in [2.45, 2.75) is 46.1 Å². The minimum absolute atomic E-state index is 0.00875. The van der Waals surface area contributed by atoms with Crippen molar-refractivity contribution < 1.29 is 9.90 Å². The molecule has 5 nitrogen and oxygen atoms in total. The number of piperidine rings is 1. The highest BCUT2D eigenvalue weighted by Crippen LogP contribution is 2.34. The number of aromatic nitrogens is 1. The molecule has 1 saturated heterocycles. The fourth-order valence-electron chi connectivity index (χ4n) is 2.72. The number of aryl methyl sites for hydroxylation is 1. The molecule has 1 unspecified atom stereocenters. The van der Waals surface area contributed by atoms with Crippen LogP contribution in [-0.4, -0.2) is 40.7 Å². The lowest BCUT2D eigenvalue weighted by atomic mass is 9.77. The maximum Gasteiger partial charge on any atom is 0.317 e. The summed E-state index contributed by atoms with van der Waals surface area (Å²) in [4.78, 5) is 19.6. The van der Waals surface area contributed by atoms with Crippen LogP contribution in [0.25, 0.3) is 0 Å². The molecule has 0 aliphatic carbocycles. The van der Waals surface area contributed by atoms with Gasteiger partial charge in [-0.25, -0.2) is 9.78 Å². The number of rotatable bonds is 4. The first kappa shape index (κ1) is 16.2. The summed E-state index contributed by atoms with van der Waals surface area (Å²) < 4.78 is 0. The van der Waals surface area contributed by atoms with Crippen LogP contribution in [0, 0.1) is 12.3 Å². The normalized spacial score (nSPS) is 19.3. The number of carbonyl (C=O) groups excluding carboxylic acids is 1. The molecule has 0 aromatic carbocycles. The zero-order valence-corrected chi connectivity index (χ0v) is 13.9. The molecule has 1 aromatic rings. The van der Waals surface area contributed by atoms with Crippen molar-refractivity contribution in [1.29, 1.82) is 0 Å². The van der Waals surface area contributed by atoms with E-state index in [1.165, 1.54) is 0 Å². The minimum atomic E-state index is -0.0631.